The van der Waals surface area contributed by atoms with Gasteiger partial charge in [-0.25, -0.2) is 0 Å². The molecule has 1 amide bonds. The Bertz CT molecular complexity index is 728. The average molecular weight is 736 g/mol. The van der Waals surface area contributed by atoms with Gasteiger partial charge in [0.05, 0.1) is 18.8 Å². The van der Waals surface area contributed by atoms with Crippen LogP contribution in [-0.4, -0.2) is 46.1 Å². The highest BCUT2D eigenvalue weighted by molar-refractivity contribution is 5.80. The van der Waals surface area contributed by atoms with Gasteiger partial charge in [0.1, 0.15) is 6.10 Å². The van der Waals surface area contributed by atoms with Crippen LogP contribution in [0.15, 0.2) is 12.2 Å². The zero-order valence-electron chi connectivity index (χ0n) is 35.2. The Morgan fingerprint density at radius 2 is 0.731 bits per heavy atom. The van der Waals surface area contributed by atoms with Gasteiger partial charge in [0, 0.05) is 0 Å². The summed E-state index contributed by atoms with van der Waals surface area (Å²) in [5.74, 6) is -0.472. The van der Waals surface area contributed by atoms with Gasteiger partial charge in [-0.05, 0) is 38.5 Å². The summed E-state index contributed by atoms with van der Waals surface area (Å²) in [5.41, 5.74) is 0. The Kier molecular flexibility index (Phi) is 42.1. The molecule has 3 unspecified atom stereocenters. The van der Waals surface area contributed by atoms with Crippen molar-refractivity contribution in [3.63, 3.8) is 0 Å². The standard InChI is InChI=1S/C47H93NO4/c1-3-5-7-9-11-13-15-17-19-21-22-23-24-25-26-28-30-32-34-36-38-40-42-46(51)47(52)48-44(43-49)45(50)41-39-37-35-33-31-29-27-20-18-16-14-12-10-8-6-4-2/h25-26,44-46,49-51H,3-24,27-43H2,1-2H3,(H,48,52)/b26-25-. The number of carbonyl (C=O) groups excluding carboxylic acids is 1. The largest absolute Gasteiger partial charge is 0.394 e. The topological polar surface area (TPSA) is 89.8 Å². The lowest BCUT2D eigenvalue weighted by Gasteiger charge is -2.23. The average Bonchev–Trinajstić information content (AvgIpc) is 3.15. The second-order valence-electron chi connectivity index (χ2n) is 16.3. The molecule has 4 N–H and O–H groups in total. The van der Waals surface area contributed by atoms with Crippen molar-refractivity contribution in [2.75, 3.05) is 6.61 Å². The number of aliphatic hydroxyl groups is 3. The molecule has 0 aromatic carbocycles. The summed E-state index contributed by atoms with van der Waals surface area (Å²) in [6.45, 7) is 4.25. The predicted octanol–water partition coefficient (Wildman–Crippen LogP) is 13.6. The monoisotopic (exact) mass is 736 g/mol. The third-order valence-electron chi connectivity index (χ3n) is 11.1. The van der Waals surface area contributed by atoms with Crippen molar-refractivity contribution in [1.82, 2.24) is 5.32 Å². The van der Waals surface area contributed by atoms with Crippen LogP contribution in [0.5, 0.6) is 0 Å². The molecular formula is C47H93NO4. The molecule has 0 bridgehead atoms. The van der Waals surface area contributed by atoms with Crippen LogP contribution in [0.2, 0.25) is 0 Å². The second-order valence-corrected chi connectivity index (χ2v) is 16.3. The van der Waals surface area contributed by atoms with Crippen LogP contribution in [0.25, 0.3) is 0 Å². The summed E-state index contributed by atoms with van der Waals surface area (Å²) in [6, 6.07) is -0.711. The molecule has 0 aromatic heterocycles. The summed E-state index contributed by atoms with van der Waals surface area (Å²) in [5, 5.41) is 33.4. The first kappa shape index (κ1) is 51.1. The molecule has 0 saturated heterocycles. The molecule has 0 spiro atoms. The number of hydrogen-bond donors (Lipinski definition) is 4. The minimum atomic E-state index is -1.08. The van der Waals surface area contributed by atoms with Gasteiger partial charge >= 0.3 is 0 Å². The molecule has 0 heterocycles. The van der Waals surface area contributed by atoms with Crippen molar-refractivity contribution in [3.8, 4) is 0 Å². The Morgan fingerprint density at radius 1 is 0.442 bits per heavy atom. The molecular weight excluding hydrogens is 643 g/mol. The Balaban J connectivity index is 3.59. The molecule has 0 aliphatic carbocycles. The van der Waals surface area contributed by atoms with Gasteiger partial charge in [-0.3, -0.25) is 4.79 Å². The molecule has 0 rings (SSSR count). The first-order valence-corrected chi connectivity index (χ1v) is 23.5. The minimum Gasteiger partial charge on any atom is -0.394 e. The van der Waals surface area contributed by atoms with E-state index in [1.54, 1.807) is 0 Å². The quantitative estimate of drug-likeness (QED) is 0.0371. The van der Waals surface area contributed by atoms with Crippen molar-refractivity contribution in [2.24, 2.45) is 0 Å². The van der Waals surface area contributed by atoms with E-state index in [1.165, 1.54) is 199 Å². The van der Waals surface area contributed by atoms with E-state index in [0.29, 0.717) is 12.8 Å². The van der Waals surface area contributed by atoms with E-state index < -0.39 is 24.2 Å². The van der Waals surface area contributed by atoms with E-state index in [-0.39, 0.29) is 6.61 Å². The molecule has 52 heavy (non-hydrogen) atoms. The van der Waals surface area contributed by atoms with Crippen molar-refractivity contribution in [2.45, 2.75) is 276 Å². The number of rotatable bonds is 43. The Labute approximate surface area is 325 Å². The fraction of sp³-hybridized carbons (Fsp3) is 0.936. The van der Waals surface area contributed by atoms with Gasteiger partial charge in [-0.15, -0.1) is 0 Å². The normalized spacial score (nSPS) is 13.6. The van der Waals surface area contributed by atoms with E-state index >= 15 is 0 Å². The maximum Gasteiger partial charge on any atom is 0.249 e. The van der Waals surface area contributed by atoms with E-state index in [1.807, 2.05) is 0 Å². The van der Waals surface area contributed by atoms with Crippen LogP contribution in [0.1, 0.15) is 258 Å². The number of nitrogens with one attached hydrogen (secondary N) is 1. The minimum absolute atomic E-state index is 0.312. The summed E-state index contributed by atoms with van der Waals surface area (Å²) in [6.07, 6.45) is 50.7. The van der Waals surface area contributed by atoms with Crippen LogP contribution in [0.3, 0.4) is 0 Å². The number of hydrogen-bond acceptors (Lipinski definition) is 4. The van der Waals surface area contributed by atoms with Gasteiger partial charge in [-0.2, -0.15) is 0 Å². The summed E-state index contributed by atoms with van der Waals surface area (Å²) < 4.78 is 0. The summed E-state index contributed by atoms with van der Waals surface area (Å²) >= 11 is 0. The lowest BCUT2D eigenvalue weighted by Crippen LogP contribution is -2.49. The fourth-order valence-electron chi connectivity index (χ4n) is 7.42. The van der Waals surface area contributed by atoms with Crippen LogP contribution < -0.4 is 5.32 Å². The highest BCUT2D eigenvalue weighted by atomic mass is 16.3. The highest BCUT2D eigenvalue weighted by Gasteiger charge is 2.23. The van der Waals surface area contributed by atoms with E-state index in [2.05, 4.69) is 31.3 Å². The van der Waals surface area contributed by atoms with Gasteiger partial charge in [0.15, 0.2) is 0 Å². The summed E-state index contributed by atoms with van der Waals surface area (Å²) in [7, 11) is 0. The maximum atomic E-state index is 12.5. The third kappa shape index (κ3) is 37.4. The van der Waals surface area contributed by atoms with E-state index in [0.717, 1.165) is 32.1 Å². The first-order chi connectivity index (χ1) is 25.6. The Morgan fingerprint density at radius 3 is 1.06 bits per heavy atom. The maximum absolute atomic E-state index is 12.5. The van der Waals surface area contributed by atoms with Crippen LogP contribution >= 0.6 is 0 Å². The van der Waals surface area contributed by atoms with Gasteiger partial charge < -0.3 is 20.6 Å². The second kappa shape index (κ2) is 42.8. The Hall–Kier alpha value is -0.910. The molecule has 0 radical (unpaired) electrons. The molecule has 3 atom stereocenters. The molecule has 0 aliphatic heterocycles. The zero-order chi connectivity index (χ0) is 38.0. The molecule has 310 valence electrons. The van der Waals surface area contributed by atoms with E-state index in [9.17, 15) is 20.1 Å². The van der Waals surface area contributed by atoms with Crippen molar-refractivity contribution in [3.05, 3.63) is 12.2 Å². The van der Waals surface area contributed by atoms with Crippen LogP contribution in [0.4, 0.5) is 0 Å². The highest BCUT2D eigenvalue weighted by Crippen LogP contribution is 2.16. The molecule has 0 aliphatic rings. The predicted molar refractivity (Wildman–Crippen MR) is 227 cm³/mol. The number of carbonyl (C=O) groups is 1. The number of aliphatic hydroxyl groups excluding tert-OH is 3. The summed E-state index contributed by atoms with van der Waals surface area (Å²) in [4.78, 5) is 12.5. The third-order valence-corrected chi connectivity index (χ3v) is 11.1. The lowest BCUT2D eigenvalue weighted by molar-refractivity contribution is -0.131. The van der Waals surface area contributed by atoms with Gasteiger partial charge in [0.2, 0.25) is 5.91 Å². The lowest BCUT2D eigenvalue weighted by atomic mass is 10.0. The molecule has 0 aromatic rings. The van der Waals surface area contributed by atoms with Crippen molar-refractivity contribution >= 4 is 5.91 Å². The smallest absolute Gasteiger partial charge is 0.249 e. The number of amides is 1. The molecule has 0 fully saturated rings. The van der Waals surface area contributed by atoms with E-state index in [4.69, 9.17) is 0 Å². The first-order valence-electron chi connectivity index (χ1n) is 23.5. The fourth-order valence-corrected chi connectivity index (χ4v) is 7.42. The number of allylic oxidation sites excluding steroid dienone is 2. The van der Waals surface area contributed by atoms with Crippen LogP contribution in [0, 0.1) is 0 Å². The van der Waals surface area contributed by atoms with Crippen molar-refractivity contribution < 1.29 is 20.1 Å². The number of unbranched alkanes of at least 4 members (excludes halogenated alkanes) is 33. The van der Waals surface area contributed by atoms with Gasteiger partial charge in [-0.1, -0.05) is 231 Å². The molecule has 5 nitrogen and oxygen atoms in total. The van der Waals surface area contributed by atoms with Crippen LogP contribution in [-0.2, 0) is 4.79 Å². The SMILES string of the molecule is CCCCCCCCCCCCCC/C=C\CCCCCCCCC(O)C(=O)NC(CO)C(O)CCCCCCCCCCCCCCCCCC. The van der Waals surface area contributed by atoms with Gasteiger partial charge in [0.25, 0.3) is 0 Å². The van der Waals surface area contributed by atoms with Crippen molar-refractivity contribution in [1.29, 1.82) is 0 Å². The molecule has 0 saturated carbocycles. The molecule has 5 heteroatoms. The zero-order valence-corrected chi connectivity index (χ0v) is 35.2.